The minimum atomic E-state index is -0.707. The summed E-state index contributed by atoms with van der Waals surface area (Å²) in [5.41, 5.74) is 1.45. The SMILES string of the molecule is COC(=O)c1cc2c(NC(=O)C3(C)CC4CC(CC(C)(C)C4)C3)cccc2n(Cc2ccc(OC)cc2)c1=O. The van der Waals surface area contributed by atoms with Gasteiger partial charge in [0.05, 0.1) is 32.0 Å². The summed E-state index contributed by atoms with van der Waals surface area (Å²) < 4.78 is 11.8. The van der Waals surface area contributed by atoms with Crippen LogP contribution >= 0.6 is 0 Å². The molecule has 206 valence electrons. The lowest BCUT2D eigenvalue weighted by molar-refractivity contribution is -0.130. The summed E-state index contributed by atoms with van der Waals surface area (Å²) in [7, 11) is 2.86. The number of esters is 1. The number of anilines is 1. The largest absolute Gasteiger partial charge is 0.497 e. The second-order valence-electron chi connectivity index (χ2n) is 12.5. The van der Waals surface area contributed by atoms with Gasteiger partial charge in [-0.2, -0.15) is 0 Å². The molecule has 39 heavy (non-hydrogen) atoms. The van der Waals surface area contributed by atoms with Gasteiger partial charge in [0.2, 0.25) is 5.91 Å². The van der Waals surface area contributed by atoms with Crippen molar-refractivity contribution in [3.05, 3.63) is 70.0 Å². The van der Waals surface area contributed by atoms with Crippen molar-refractivity contribution in [2.24, 2.45) is 22.7 Å². The molecule has 2 aliphatic rings. The maximum atomic E-state index is 13.8. The number of carbonyl (C=O) groups excluding carboxylic acids is 2. The van der Waals surface area contributed by atoms with E-state index in [1.54, 1.807) is 17.7 Å². The van der Waals surface area contributed by atoms with Crippen LogP contribution in [0.5, 0.6) is 5.75 Å². The topological polar surface area (TPSA) is 86.6 Å². The van der Waals surface area contributed by atoms with Crippen LogP contribution in [0.1, 0.15) is 68.8 Å². The fourth-order valence-electron chi connectivity index (χ4n) is 7.25. The molecule has 0 radical (unpaired) electrons. The third-order valence-electron chi connectivity index (χ3n) is 8.67. The number of pyridine rings is 1. The van der Waals surface area contributed by atoms with Crippen molar-refractivity contribution in [3.8, 4) is 5.75 Å². The van der Waals surface area contributed by atoms with Gasteiger partial charge < -0.3 is 19.4 Å². The number of hydrogen-bond donors (Lipinski definition) is 1. The number of amides is 1. The first-order chi connectivity index (χ1) is 18.5. The summed E-state index contributed by atoms with van der Waals surface area (Å²) in [5, 5.41) is 3.82. The first kappa shape index (κ1) is 27.0. The Morgan fingerprint density at radius 3 is 2.26 bits per heavy atom. The molecule has 2 saturated carbocycles. The molecule has 3 aromatic rings. The van der Waals surface area contributed by atoms with Gasteiger partial charge in [-0.05, 0) is 85.3 Å². The smallest absolute Gasteiger partial charge is 0.343 e. The molecule has 2 aliphatic carbocycles. The van der Waals surface area contributed by atoms with Crippen molar-refractivity contribution in [1.82, 2.24) is 4.57 Å². The highest BCUT2D eigenvalue weighted by atomic mass is 16.5. The third-order valence-corrected chi connectivity index (χ3v) is 8.67. The Bertz CT molecular complexity index is 1450. The molecule has 7 heteroatoms. The number of fused-ring (bicyclic) bond motifs is 3. The molecule has 1 N–H and O–H groups in total. The number of nitrogens with one attached hydrogen (secondary N) is 1. The van der Waals surface area contributed by atoms with E-state index in [1.807, 2.05) is 42.5 Å². The van der Waals surface area contributed by atoms with Crippen LogP contribution in [0.4, 0.5) is 5.69 Å². The highest BCUT2D eigenvalue weighted by molar-refractivity contribution is 6.05. The Morgan fingerprint density at radius 2 is 1.64 bits per heavy atom. The van der Waals surface area contributed by atoms with E-state index in [4.69, 9.17) is 9.47 Å². The minimum absolute atomic E-state index is 0.00284. The van der Waals surface area contributed by atoms with Crippen LogP contribution in [0.3, 0.4) is 0 Å². The van der Waals surface area contributed by atoms with E-state index >= 15 is 0 Å². The normalized spacial score (nSPS) is 23.7. The maximum Gasteiger partial charge on any atom is 0.343 e. The Hall–Kier alpha value is -3.61. The van der Waals surface area contributed by atoms with Crippen LogP contribution in [0, 0.1) is 22.7 Å². The van der Waals surface area contributed by atoms with Crippen LogP contribution in [0.15, 0.2) is 53.3 Å². The van der Waals surface area contributed by atoms with Crippen LogP contribution in [-0.2, 0) is 16.1 Å². The highest BCUT2D eigenvalue weighted by Gasteiger charge is 2.47. The second-order valence-corrected chi connectivity index (χ2v) is 12.5. The van der Waals surface area contributed by atoms with E-state index in [-0.39, 0.29) is 18.0 Å². The molecule has 2 unspecified atom stereocenters. The van der Waals surface area contributed by atoms with Crippen molar-refractivity contribution in [3.63, 3.8) is 0 Å². The summed E-state index contributed by atoms with van der Waals surface area (Å²) in [6.45, 7) is 7.02. The van der Waals surface area contributed by atoms with Gasteiger partial charge >= 0.3 is 5.97 Å². The van der Waals surface area contributed by atoms with Crippen molar-refractivity contribution in [2.45, 2.75) is 59.4 Å². The summed E-state index contributed by atoms with van der Waals surface area (Å²) in [5.74, 6) is 1.11. The molecule has 1 amide bonds. The molecule has 0 saturated heterocycles. The van der Waals surface area contributed by atoms with Gasteiger partial charge in [-0.15, -0.1) is 0 Å². The van der Waals surface area contributed by atoms with Gasteiger partial charge in [-0.25, -0.2) is 4.79 Å². The lowest BCUT2D eigenvalue weighted by Gasteiger charge is -2.49. The number of carbonyl (C=O) groups is 2. The Kier molecular flexibility index (Phi) is 7.04. The Balaban J connectivity index is 1.52. The zero-order chi connectivity index (χ0) is 27.9. The number of aromatic nitrogens is 1. The summed E-state index contributed by atoms with van der Waals surface area (Å²) in [6.07, 6.45) is 5.26. The van der Waals surface area contributed by atoms with Gasteiger partial charge in [-0.1, -0.05) is 39.0 Å². The first-order valence-electron chi connectivity index (χ1n) is 13.7. The van der Waals surface area contributed by atoms with Gasteiger partial charge in [0.15, 0.2) is 0 Å². The molecule has 2 aromatic carbocycles. The maximum absolute atomic E-state index is 13.8. The average molecular weight is 531 g/mol. The molecule has 2 atom stereocenters. The molecule has 1 aromatic heterocycles. The van der Waals surface area contributed by atoms with Gasteiger partial charge in [0.25, 0.3) is 5.56 Å². The van der Waals surface area contributed by atoms with E-state index in [0.717, 1.165) is 31.2 Å². The zero-order valence-electron chi connectivity index (χ0n) is 23.5. The van der Waals surface area contributed by atoms with Crippen molar-refractivity contribution >= 4 is 28.5 Å². The fourth-order valence-corrected chi connectivity index (χ4v) is 7.25. The molecule has 5 rings (SSSR count). The number of methoxy groups -OCH3 is 2. The Morgan fingerprint density at radius 1 is 0.974 bits per heavy atom. The van der Waals surface area contributed by atoms with E-state index in [1.165, 1.54) is 13.5 Å². The third kappa shape index (κ3) is 5.32. The standard InChI is InChI=1S/C32H38N2O5/c1-31(2)15-21-13-22(16-31)18-32(3,17-21)30(37)33-26-7-6-8-27-24(26)14-25(29(36)39-5)28(35)34(27)19-20-9-11-23(38-4)12-10-20/h6-12,14,21-22H,13,15-19H2,1-5H3,(H,33,37). The van der Waals surface area contributed by atoms with E-state index in [0.29, 0.717) is 39.6 Å². The van der Waals surface area contributed by atoms with E-state index < -0.39 is 16.9 Å². The van der Waals surface area contributed by atoms with Crippen LogP contribution in [0.25, 0.3) is 10.9 Å². The number of nitrogens with zero attached hydrogens (tertiary/aromatic N) is 1. The fraction of sp³-hybridized carbons (Fsp3) is 0.469. The van der Waals surface area contributed by atoms with Crippen LogP contribution in [-0.4, -0.2) is 30.7 Å². The van der Waals surface area contributed by atoms with Crippen molar-refractivity contribution < 1.29 is 19.1 Å². The van der Waals surface area contributed by atoms with Crippen LogP contribution < -0.4 is 15.6 Å². The first-order valence-corrected chi connectivity index (χ1v) is 13.7. The van der Waals surface area contributed by atoms with Crippen LogP contribution in [0.2, 0.25) is 0 Å². The molecule has 2 bridgehead atoms. The zero-order valence-corrected chi connectivity index (χ0v) is 23.5. The Labute approximate surface area is 229 Å². The van der Waals surface area contributed by atoms with Crippen molar-refractivity contribution in [1.29, 1.82) is 0 Å². The molecule has 0 aliphatic heterocycles. The monoisotopic (exact) mass is 530 g/mol. The highest BCUT2D eigenvalue weighted by Crippen LogP contribution is 2.54. The number of benzene rings is 2. The molecule has 7 nitrogen and oxygen atoms in total. The van der Waals surface area contributed by atoms with Gasteiger partial charge in [0, 0.05) is 10.8 Å². The summed E-state index contributed by atoms with van der Waals surface area (Å²) >= 11 is 0. The summed E-state index contributed by atoms with van der Waals surface area (Å²) in [6, 6.07) is 14.5. The van der Waals surface area contributed by atoms with Gasteiger partial charge in [-0.3, -0.25) is 9.59 Å². The van der Waals surface area contributed by atoms with E-state index in [2.05, 4.69) is 26.1 Å². The minimum Gasteiger partial charge on any atom is -0.497 e. The molecular formula is C32H38N2O5. The second kappa shape index (κ2) is 10.2. The van der Waals surface area contributed by atoms with E-state index in [9.17, 15) is 14.4 Å². The van der Waals surface area contributed by atoms with Gasteiger partial charge in [0.1, 0.15) is 11.3 Å². The predicted molar refractivity (Wildman–Crippen MR) is 152 cm³/mol. The molecule has 0 spiro atoms. The number of hydrogen-bond acceptors (Lipinski definition) is 5. The number of rotatable bonds is 6. The summed E-state index contributed by atoms with van der Waals surface area (Å²) in [4.78, 5) is 39.9. The lowest BCUT2D eigenvalue weighted by atomic mass is 9.55. The predicted octanol–water partition coefficient (Wildman–Crippen LogP) is 6.03. The molecule has 1 heterocycles. The molecule has 2 fully saturated rings. The lowest BCUT2D eigenvalue weighted by Crippen LogP contribution is -2.45. The average Bonchev–Trinajstić information content (AvgIpc) is 2.88. The number of ether oxygens (including phenoxy) is 2. The van der Waals surface area contributed by atoms with Crippen molar-refractivity contribution in [2.75, 3.05) is 19.5 Å². The molecular weight excluding hydrogens is 492 g/mol. The quantitative estimate of drug-likeness (QED) is 0.394.